The van der Waals surface area contributed by atoms with E-state index in [0.29, 0.717) is 5.82 Å². The summed E-state index contributed by atoms with van der Waals surface area (Å²) in [7, 11) is 3.18. The molecule has 0 aliphatic heterocycles. The molecule has 0 spiro atoms. The SMILES string of the molecule is CNc1ncc(F)cc1C(=O)N(C)C(C)CC#N. The van der Waals surface area contributed by atoms with Crippen molar-refractivity contribution in [1.82, 2.24) is 9.88 Å². The minimum atomic E-state index is -0.571. The van der Waals surface area contributed by atoms with E-state index in [1.807, 2.05) is 6.07 Å². The highest BCUT2D eigenvalue weighted by atomic mass is 19.1. The standard InChI is InChI=1S/C12H15FN4O/c1-8(4-5-14)17(3)12(18)10-6-9(13)7-16-11(10)15-2/h6-8H,4H2,1-3H3,(H,15,16). The van der Waals surface area contributed by atoms with Crippen molar-refractivity contribution in [2.24, 2.45) is 0 Å². The molecular formula is C12H15FN4O. The number of nitrogens with zero attached hydrogens (tertiary/aromatic N) is 3. The first-order chi connectivity index (χ1) is 8.51. The highest BCUT2D eigenvalue weighted by Gasteiger charge is 2.21. The summed E-state index contributed by atoms with van der Waals surface area (Å²) in [6.45, 7) is 1.76. The minimum Gasteiger partial charge on any atom is -0.372 e. The number of amides is 1. The van der Waals surface area contributed by atoms with Gasteiger partial charge in [-0.3, -0.25) is 4.79 Å². The molecule has 1 unspecified atom stereocenters. The van der Waals surface area contributed by atoms with Crippen molar-refractivity contribution in [3.63, 3.8) is 0 Å². The molecule has 0 radical (unpaired) electrons. The number of hydrogen-bond donors (Lipinski definition) is 1. The summed E-state index contributed by atoms with van der Waals surface area (Å²) in [5, 5.41) is 11.3. The van der Waals surface area contributed by atoms with E-state index in [1.165, 1.54) is 4.90 Å². The number of rotatable bonds is 4. The molecule has 0 bridgehead atoms. The Hall–Kier alpha value is -2.16. The summed E-state index contributed by atoms with van der Waals surface area (Å²) in [5.74, 6) is -0.620. The second kappa shape index (κ2) is 5.96. The molecule has 0 aliphatic carbocycles. The minimum absolute atomic E-state index is 0.157. The van der Waals surface area contributed by atoms with Crippen LogP contribution in [-0.2, 0) is 0 Å². The number of halogens is 1. The average molecular weight is 250 g/mol. The Balaban J connectivity index is 3.03. The molecule has 0 saturated heterocycles. The zero-order valence-electron chi connectivity index (χ0n) is 10.6. The first kappa shape index (κ1) is 13.9. The molecule has 1 aromatic heterocycles. The van der Waals surface area contributed by atoms with Gasteiger partial charge in [-0.15, -0.1) is 0 Å². The molecule has 18 heavy (non-hydrogen) atoms. The van der Waals surface area contributed by atoms with Crippen LogP contribution in [0.25, 0.3) is 0 Å². The Labute approximate surface area is 105 Å². The zero-order valence-corrected chi connectivity index (χ0v) is 10.6. The van der Waals surface area contributed by atoms with Crippen molar-refractivity contribution >= 4 is 11.7 Å². The average Bonchev–Trinajstić information content (AvgIpc) is 2.37. The van der Waals surface area contributed by atoms with Crippen LogP contribution in [0.4, 0.5) is 10.2 Å². The second-order valence-electron chi connectivity index (χ2n) is 3.93. The number of nitriles is 1. The van der Waals surface area contributed by atoms with Gasteiger partial charge in [0.15, 0.2) is 0 Å². The summed E-state index contributed by atoms with van der Waals surface area (Å²) >= 11 is 0. The number of carbonyl (C=O) groups excluding carboxylic acids is 1. The first-order valence-electron chi connectivity index (χ1n) is 5.48. The molecule has 5 nitrogen and oxygen atoms in total. The van der Waals surface area contributed by atoms with Crippen molar-refractivity contribution in [2.45, 2.75) is 19.4 Å². The summed E-state index contributed by atoms with van der Waals surface area (Å²) in [4.78, 5) is 17.4. The Morgan fingerprint density at radius 1 is 1.72 bits per heavy atom. The maximum Gasteiger partial charge on any atom is 0.257 e. The maximum atomic E-state index is 13.1. The van der Waals surface area contributed by atoms with Crippen LogP contribution in [0.2, 0.25) is 0 Å². The van der Waals surface area contributed by atoms with Gasteiger partial charge in [-0.05, 0) is 13.0 Å². The lowest BCUT2D eigenvalue weighted by molar-refractivity contribution is 0.0746. The predicted molar refractivity (Wildman–Crippen MR) is 65.5 cm³/mol. The van der Waals surface area contributed by atoms with E-state index in [1.54, 1.807) is 21.0 Å². The van der Waals surface area contributed by atoms with Gasteiger partial charge < -0.3 is 10.2 Å². The molecule has 0 saturated carbocycles. The normalized spacial score (nSPS) is 11.5. The van der Waals surface area contributed by atoms with Crippen molar-refractivity contribution in [1.29, 1.82) is 5.26 Å². The largest absolute Gasteiger partial charge is 0.372 e. The third-order valence-corrected chi connectivity index (χ3v) is 2.69. The molecule has 1 N–H and O–H groups in total. The van der Waals surface area contributed by atoms with Crippen molar-refractivity contribution in [2.75, 3.05) is 19.4 Å². The van der Waals surface area contributed by atoms with Gasteiger partial charge in [-0.1, -0.05) is 0 Å². The van der Waals surface area contributed by atoms with Gasteiger partial charge >= 0.3 is 0 Å². The number of nitrogens with one attached hydrogen (secondary N) is 1. The van der Waals surface area contributed by atoms with Crippen LogP contribution in [0.3, 0.4) is 0 Å². The van der Waals surface area contributed by atoms with Crippen molar-refractivity contribution in [3.05, 3.63) is 23.6 Å². The third-order valence-electron chi connectivity index (χ3n) is 2.69. The van der Waals surface area contributed by atoms with Crippen LogP contribution in [-0.4, -0.2) is 35.9 Å². The van der Waals surface area contributed by atoms with Gasteiger partial charge in [0.2, 0.25) is 0 Å². The topological polar surface area (TPSA) is 69.0 Å². The monoisotopic (exact) mass is 250 g/mol. The smallest absolute Gasteiger partial charge is 0.257 e. The fourth-order valence-electron chi connectivity index (χ4n) is 1.46. The van der Waals surface area contributed by atoms with Crippen LogP contribution in [0.1, 0.15) is 23.7 Å². The van der Waals surface area contributed by atoms with Gasteiger partial charge in [0.05, 0.1) is 24.3 Å². The Morgan fingerprint density at radius 3 is 2.94 bits per heavy atom. The van der Waals surface area contributed by atoms with Crippen LogP contribution >= 0.6 is 0 Å². The van der Waals surface area contributed by atoms with E-state index in [4.69, 9.17) is 5.26 Å². The van der Waals surface area contributed by atoms with Crippen LogP contribution in [0.15, 0.2) is 12.3 Å². The lowest BCUT2D eigenvalue weighted by Gasteiger charge is -2.23. The Bertz CT molecular complexity index is 483. The van der Waals surface area contributed by atoms with Crippen molar-refractivity contribution in [3.8, 4) is 6.07 Å². The van der Waals surface area contributed by atoms with Crippen LogP contribution in [0, 0.1) is 17.1 Å². The molecule has 0 fully saturated rings. The third kappa shape index (κ3) is 2.94. The Morgan fingerprint density at radius 2 is 2.39 bits per heavy atom. The van der Waals surface area contributed by atoms with E-state index >= 15 is 0 Å². The quantitative estimate of drug-likeness (QED) is 0.882. The van der Waals surface area contributed by atoms with Crippen LogP contribution in [0.5, 0.6) is 0 Å². The highest BCUT2D eigenvalue weighted by Crippen LogP contribution is 2.16. The molecule has 0 aromatic carbocycles. The molecule has 1 aromatic rings. The predicted octanol–water partition coefficient (Wildman–Crippen LogP) is 1.64. The van der Waals surface area contributed by atoms with E-state index in [2.05, 4.69) is 10.3 Å². The van der Waals surface area contributed by atoms with Gasteiger partial charge in [0, 0.05) is 20.1 Å². The lowest BCUT2D eigenvalue weighted by Crippen LogP contribution is -2.35. The summed E-state index contributed by atoms with van der Waals surface area (Å²) < 4.78 is 13.1. The zero-order chi connectivity index (χ0) is 13.7. The molecule has 1 amide bonds. The van der Waals surface area contributed by atoms with Crippen molar-refractivity contribution < 1.29 is 9.18 Å². The van der Waals surface area contributed by atoms with Gasteiger partial charge in [-0.2, -0.15) is 5.26 Å². The first-order valence-corrected chi connectivity index (χ1v) is 5.48. The van der Waals surface area contributed by atoms with Gasteiger partial charge in [0.1, 0.15) is 11.6 Å². The number of pyridine rings is 1. The second-order valence-corrected chi connectivity index (χ2v) is 3.93. The van der Waals surface area contributed by atoms with E-state index in [0.717, 1.165) is 12.3 Å². The van der Waals surface area contributed by atoms with E-state index in [-0.39, 0.29) is 23.9 Å². The lowest BCUT2D eigenvalue weighted by atomic mass is 10.1. The highest BCUT2D eigenvalue weighted by molar-refractivity contribution is 5.98. The number of aromatic nitrogens is 1. The maximum absolute atomic E-state index is 13.1. The Kier molecular flexibility index (Phi) is 4.60. The molecular weight excluding hydrogens is 235 g/mol. The summed E-state index contributed by atoms with van der Waals surface area (Å²) in [5.41, 5.74) is 0.157. The summed E-state index contributed by atoms with van der Waals surface area (Å²) in [6.07, 6.45) is 1.27. The number of hydrogen-bond acceptors (Lipinski definition) is 4. The molecule has 96 valence electrons. The summed E-state index contributed by atoms with van der Waals surface area (Å²) in [6, 6.07) is 2.89. The fourth-order valence-corrected chi connectivity index (χ4v) is 1.46. The molecule has 0 aliphatic rings. The van der Waals surface area contributed by atoms with E-state index in [9.17, 15) is 9.18 Å². The fraction of sp³-hybridized carbons (Fsp3) is 0.417. The van der Waals surface area contributed by atoms with Crippen LogP contribution < -0.4 is 5.32 Å². The molecule has 6 heteroatoms. The molecule has 1 rings (SSSR count). The number of carbonyl (C=O) groups is 1. The number of anilines is 1. The van der Waals surface area contributed by atoms with Gasteiger partial charge in [-0.25, -0.2) is 9.37 Å². The molecule has 1 heterocycles. The van der Waals surface area contributed by atoms with E-state index < -0.39 is 5.82 Å². The van der Waals surface area contributed by atoms with Gasteiger partial charge in [0.25, 0.3) is 5.91 Å². The molecule has 1 atom stereocenters.